The first-order valence-corrected chi connectivity index (χ1v) is 9.17. The number of carbonyl (C=O) groups is 2. The van der Waals surface area contributed by atoms with Crippen LogP contribution in [0.25, 0.3) is 6.08 Å². The van der Waals surface area contributed by atoms with Gasteiger partial charge in [-0.25, -0.2) is 4.79 Å². The number of thiocarbonyl (C=S) groups is 1. The third-order valence-corrected chi connectivity index (χ3v) is 5.83. The number of alkyl halides is 3. The summed E-state index contributed by atoms with van der Waals surface area (Å²) in [6.07, 6.45) is -1.54. The van der Waals surface area contributed by atoms with E-state index in [9.17, 15) is 22.8 Å². The van der Waals surface area contributed by atoms with Crippen LogP contribution < -0.4 is 10.1 Å². The molecule has 1 aromatic carbocycles. The van der Waals surface area contributed by atoms with Crippen LogP contribution in [0.2, 0.25) is 0 Å². The number of rotatable bonds is 5. The molecule has 2 rings (SSSR count). The number of ether oxygens (including phenoxy) is 2. The van der Waals surface area contributed by atoms with Crippen LogP contribution in [-0.2, 0) is 30.6 Å². The van der Waals surface area contributed by atoms with Crippen molar-refractivity contribution < 1.29 is 32.2 Å². The Morgan fingerprint density at radius 2 is 2.07 bits per heavy atom. The zero-order chi connectivity index (χ0) is 20.2. The van der Waals surface area contributed by atoms with Crippen molar-refractivity contribution in [2.75, 3.05) is 13.7 Å². The van der Waals surface area contributed by atoms with Gasteiger partial charge in [-0.15, -0.1) is 5.37 Å². The Hall–Kier alpha value is -2.33. The van der Waals surface area contributed by atoms with Crippen LogP contribution in [0.5, 0.6) is 5.75 Å². The predicted molar refractivity (Wildman–Crippen MR) is 103 cm³/mol. The summed E-state index contributed by atoms with van der Waals surface area (Å²) in [7, 11) is 0.452. The third-order valence-electron chi connectivity index (χ3n) is 3.40. The molecule has 0 spiro atoms. The van der Waals surface area contributed by atoms with Gasteiger partial charge in [-0.2, -0.15) is 18.0 Å². The Morgan fingerprint density at radius 3 is 2.63 bits per heavy atom. The van der Waals surface area contributed by atoms with E-state index >= 15 is 0 Å². The van der Waals surface area contributed by atoms with Crippen molar-refractivity contribution in [2.45, 2.75) is 13.1 Å². The van der Waals surface area contributed by atoms with Gasteiger partial charge in [0.15, 0.2) is 6.61 Å². The molecule has 1 aromatic rings. The molecule has 1 amide bonds. The van der Waals surface area contributed by atoms with E-state index in [1.165, 1.54) is 18.6 Å². The zero-order valence-corrected chi connectivity index (χ0v) is 15.9. The average Bonchev–Trinajstić information content (AvgIpc) is 2.95. The van der Waals surface area contributed by atoms with Crippen molar-refractivity contribution in [3.8, 4) is 5.75 Å². The molecule has 0 radical (unpaired) electrons. The number of halogens is 3. The molecule has 146 valence electrons. The maximum atomic E-state index is 13.0. The molecule has 0 aromatic heterocycles. The minimum atomic E-state index is -4.53. The van der Waals surface area contributed by atoms with E-state index in [0.29, 0.717) is 9.19 Å². The summed E-state index contributed by atoms with van der Waals surface area (Å²) in [6, 6.07) is 2.92. The van der Waals surface area contributed by atoms with Gasteiger partial charge in [0.1, 0.15) is 5.75 Å². The SMILES string of the molecule is COC(=O)COc1ccc(C(F)(F)F)cc1C=CC(C)=[S-]1=CC(=O)NC1=S. The Balaban J connectivity index is 2.41. The largest absolute Gasteiger partial charge is 0.481 e. The highest BCUT2D eigenvalue weighted by Gasteiger charge is 2.31. The van der Waals surface area contributed by atoms with E-state index < -0.39 is 34.4 Å². The van der Waals surface area contributed by atoms with Gasteiger partial charge in [0.25, 0.3) is 0 Å². The van der Waals surface area contributed by atoms with E-state index in [-0.39, 0.29) is 17.2 Å². The number of carbonyl (C=O) groups excluding carboxylic acids is 2. The van der Waals surface area contributed by atoms with Crippen molar-refractivity contribution in [1.82, 2.24) is 5.32 Å². The second kappa shape index (κ2) is 8.57. The number of allylic oxidation sites excluding steroid dienone is 1. The Kier molecular flexibility index (Phi) is 6.66. The van der Waals surface area contributed by atoms with Crippen LogP contribution in [0, 0.1) is 0 Å². The van der Waals surface area contributed by atoms with Crippen molar-refractivity contribution in [2.24, 2.45) is 0 Å². The summed E-state index contributed by atoms with van der Waals surface area (Å²) in [5.41, 5.74) is -0.728. The number of benzene rings is 1. The molecule has 0 saturated carbocycles. The van der Waals surface area contributed by atoms with Gasteiger partial charge in [0.2, 0.25) is 5.91 Å². The van der Waals surface area contributed by atoms with Crippen molar-refractivity contribution >= 4 is 54.8 Å². The fraction of sp³-hybridized carbons (Fsp3) is 0.235. The van der Waals surface area contributed by atoms with Crippen LogP contribution in [0.15, 0.2) is 24.3 Å². The predicted octanol–water partition coefficient (Wildman–Crippen LogP) is 2.30. The van der Waals surface area contributed by atoms with Crippen molar-refractivity contribution in [1.29, 1.82) is 0 Å². The quantitative estimate of drug-likeness (QED) is 0.344. The normalized spacial score (nSPS) is 17.5. The van der Waals surface area contributed by atoms with Crippen LogP contribution in [-0.4, -0.2) is 40.1 Å². The van der Waals surface area contributed by atoms with E-state index in [1.807, 2.05) is 0 Å². The molecule has 1 aliphatic rings. The standard InChI is InChI=1S/C17H15F3NO4S2/c1-10(27-9-14(22)21-16(27)26)3-4-11-7-12(17(18,19)20)5-6-13(11)25-8-15(23)24-2/h3-7,9H,8H2,1-2H3,(H,21,22,26)/q-1. The van der Waals surface area contributed by atoms with Crippen LogP contribution >= 0.6 is 12.2 Å². The zero-order valence-electron chi connectivity index (χ0n) is 14.3. The molecule has 1 heterocycles. The Bertz CT molecular complexity index is 913. The van der Waals surface area contributed by atoms with Gasteiger partial charge in [0, 0.05) is 5.56 Å². The average molecular weight is 418 g/mol. The first kappa shape index (κ1) is 21.0. The minimum Gasteiger partial charge on any atom is -0.481 e. The molecule has 0 bridgehead atoms. The second-order valence-electron chi connectivity index (χ2n) is 5.29. The molecule has 1 N–H and O–H groups in total. The topological polar surface area (TPSA) is 64.6 Å². The number of esters is 1. The fourth-order valence-electron chi connectivity index (χ4n) is 2.05. The van der Waals surface area contributed by atoms with Gasteiger partial charge in [-0.05, 0) is 22.5 Å². The monoisotopic (exact) mass is 418 g/mol. The summed E-state index contributed by atoms with van der Waals surface area (Å²) in [4.78, 5) is 23.3. The Morgan fingerprint density at radius 1 is 1.37 bits per heavy atom. The first-order valence-electron chi connectivity index (χ1n) is 7.47. The van der Waals surface area contributed by atoms with Crippen molar-refractivity contribution in [3.05, 3.63) is 35.4 Å². The van der Waals surface area contributed by atoms with Crippen LogP contribution in [0.4, 0.5) is 13.2 Å². The lowest BCUT2D eigenvalue weighted by molar-refractivity contribution is -0.143. The Labute approximate surface area is 160 Å². The minimum absolute atomic E-state index is 0.0907. The molecule has 0 aliphatic carbocycles. The molecule has 27 heavy (non-hydrogen) atoms. The highest BCUT2D eigenvalue weighted by Crippen LogP contribution is 2.33. The third kappa shape index (κ3) is 5.57. The lowest BCUT2D eigenvalue weighted by atomic mass is 10.1. The van der Waals surface area contributed by atoms with E-state index in [0.717, 1.165) is 18.2 Å². The summed E-state index contributed by atoms with van der Waals surface area (Å²) < 4.78 is 49.1. The summed E-state index contributed by atoms with van der Waals surface area (Å²) in [6.45, 7) is 1.28. The molecule has 0 fully saturated rings. The maximum Gasteiger partial charge on any atom is 0.416 e. The maximum absolute atomic E-state index is 13.0. The highest BCUT2D eigenvalue weighted by atomic mass is 32.2. The van der Waals surface area contributed by atoms with Gasteiger partial charge < -0.3 is 24.9 Å². The van der Waals surface area contributed by atoms with Crippen LogP contribution in [0.3, 0.4) is 0 Å². The number of amides is 1. The van der Waals surface area contributed by atoms with Crippen molar-refractivity contribution in [3.63, 3.8) is 0 Å². The molecular weight excluding hydrogens is 403 g/mol. The molecule has 10 heteroatoms. The lowest BCUT2D eigenvalue weighted by Gasteiger charge is -2.13. The van der Waals surface area contributed by atoms with E-state index in [2.05, 4.69) is 10.1 Å². The van der Waals surface area contributed by atoms with Gasteiger partial charge in [-0.3, -0.25) is 4.79 Å². The van der Waals surface area contributed by atoms with Gasteiger partial charge in [-0.1, -0.05) is 31.3 Å². The number of hydrogen-bond donors (Lipinski definition) is 1. The molecule has 0 unspecified atom stereocenters. The second-order valence-corrected chi connectivity index (χ2v) is 7.92. The molecule has 5 nitrogen and oxygen atoms in total. The summed E-state index contributed by atoms with van der Waals surface area (Å²) in [5.74, 6) is -0.880. The number of nitrogens with one attached hydrogen (secondary N) is 1. The molecule has 0 saturated heterocycles. The molecule has 0 atom stereocenters. The number of methoxy groups -OCH3 is 1. The fourth-order valence-corrected chi connectivity index (χ4v) is 3.97. The van der Waals surface area contributed by atoms with Gasteiger partial charge in [0.05, 0.1) is 12.7 Å². The number of hydrogen-bond acceptors (Lipinski definition) is 6. The van der Waals surface area contributed by atoms with E-state index in [4.69, 9.17) is 17.0 Å². The molecule has 1 aliphatic heterocycles. The van der Waals surface area contributed by atoms with Crippen LogP contribution in [0.1, 0.15) is 18.1 Å². The smallest absolute Gasteiger partial charge is 0.416 e. The summed E-state index contributed by atoms with van der Waals surface area (Å²) in [5, 5.41) is 3.91. The first-order chi connectivity index (χ1) is 12.6. The highest BCUT2D eigenvalue weighted by molar-refractivity contribution is 8.19. The van der Waals surface area contributed by atoms with Gasteiger partial charge >= 0.3 is 12.1 Å². The summed E-state index contributed by atoms with van der Waals surface area (Å²) >= 11 is 5.07. The lowest BCUT2D eigenvalue weighted by Crippen LogP contribution is -2.21. The van der Waals surface area contributed by atoms with E-state index in [1.54, 1.807) is 13.0 Å². The molecular formula is C17H15F3NO4S2-.